The molecule has 0 saturated carbocycles. The Morgan fingerprint density at radius 3 is 0.890 bits per heavy atom. The number of hydrogen-bond acceptors (Lipinski definition) is 15. The molecule has 0 heterocycles. The standard InChI is InChI=1S/C81H138O17P2/c1-5-9-13-17-21-25-29-33-35-36-37-38-40-44-46-50-54-58-62-66-79(84)92-72-77(98-81(86)68-64-60-56-52-48-42-32-28-24-20-16-12-8-4)74-96-100(89,90)94-70-75(82)69-93-99(87,88)95-73-76(97-80(85)67-63-59-55-51-47-41-31-27-23-19-15-11-7-3)71-91-78(83)65-61-57-53-49-45-43-39-34-30-26-22-18-14-10-6-2/h9,13,21-22,25-28,31-35,37-39,44,46,54,58,75-77,82H,5-8,10-12,14-20,23-24,29-30,36,40-43,45,47-53,55-57,59-74H2,1-4H3,(H,87,88)(H,89,90)/b13-9-,25-21-,26-22-,31-27-,32-28-,35-33-,38-37-,39-34-,46-44-,58-54-/t75-,76+,77+/m0/s1. The van der Waals surface area contributed by atoms with Crippen LogP contribution in [0.3, 0.4) is 0 Å². The van der Waals surface area contributed by atoms with Crippen LogP contribution in [0.4, 0.5) is 0 Å². The highest BCUT2D eigenvalue weighted by Crippen LogP contribution is 2.45. The molecule has 0 aromatic heterocycles. The first-order chi connectivity index (χ1) is 48.7. The fourth-order valence-electron chi connectivity index (χ4n) is 9.97. The average Bonchev–Trinajstić information content (AvgIpc) is 0.935. The number of hydrogen-bond donors (Lipinski definition) is 3. The number of aliphatic hydroxyl groups excluding tert-OH is 1. The Labute approximate surface area is 606 Å². The zero-order valence-corrected chi connectivity index (χ0v) is 64.4. The summed E-state index contributed by atoms with van der Waals surface area (Å²) in [7, 11) is -9.98. The van der Waals surface area contributed by atoms with Crippen LogP contribution < -0.4 is 0 Å². The van der Waals surface area contributed by atoms with Gasteiger partial charge in [-0.15, -0.1) is 0 Å². The van der Waals surface area contributed by atoms with E-state index in [2.05, 4.69) is 131 Å². The molecule has 0 aliphatic heterocycles. The smallest absolute Gasteiger partial charge is 0.462 e. The molecule has 0 radical (unpaired) electrons. The highest BCUT2D eigenvalue weighted by molar-refractivity contribution is 7.47. The molecular weight excluding hydrogens is 1310 g/mol. The predicted octanol–water partition coefficient (Wildman–Crippen LogP) is 22.3. The first kappa shape index (κ1) is 95.5. The Morgan fingerprint density at radius 1 is 0.290 bits per heavy atom. The number of ether oxygens (including phenoxy) is 4. The largest absolute Gasteiger partial charge is 0.472 e. The van der Waals surface area contributed by atoms with Gasteiger partial charge in [-0.3, -0.25) is 37.3 Å². The molecule has 0 amide bonds. The van der Waals surface area contributed by atoms with Crippen LogP contribution in [0, 0.1) is 0 Å². The normalized spacial score (nSPS) is 14.6. The SMILES string of the molecule is CC/C=C\C/C=C\C/C=C\C/C=C\C/C=C\C/C=C\CCC(=O)OC[C@H](COP(=O)(O)OC[C@@H](O)COP(=O)(O)OC[C@@H](COC(=O)CCCCCCC/C=C\C/C=C\CCCCC)OC(=O)CCCCCCC/C=C\CCCCCC)OC(=O)CCCCCCC/C=C\CCCCCC. The topological polar surface area (TPSA) is 237 Å². The van der Waals surface area contributed by atoms with E-state index in [9.17, 15) is 43.2 Å². The lowest BCUT2D eigenvalue weighted by atomic mass is 10.1. The first-order valence-corrected chi connectivity index (χ1v) is 41.8. The summed E-state index contributed by atoms with van der Waals surface area (Å²) in [6.45, 7) is 4.59. The van der Waals surface area contributed by atoms with E-state index in [0.29, 0.717) is 32.1 Å². The molecule has 2 unspecified atom stereocenters. The van der Waals surface area contributed by atoms with Crippen molar-refractivity contribution >= 4 is 39.5 Å². The lowest BCUT2D eigenvalue weighted by Gasteiger charge is -2.21. The Kier molecular flexibility index (Phi) is 69.5. The molecule has 0 aromatic rings. The maximum atomic E-state index is 13.1. The number of unbranched alkanes of at least 4 members (excludes halogenated alkanes) is 26. The molecule has 19 heteroatoms. The second-order valence-corrected chi connectivity index (χ2v) is 28.5. The van der Waals surface area contributed by atoms with Gasteiger partial charge < -0.3 is 33.8 Å². The fraction of sp³-hybridized carbons (Fsp3) is 0.704. The second-order valence-electron chi connectivity index (χ2n) is 25.6. The molecule has 5 atom stereocenters. The van der Waals surface area contributed by atoms with Gasteiger partial charge in [0.25, 0.3) is 0 Å². The zero-order chi connectivity index (χ0) is 73.2. The number of phosphoric ester groups is 2. The summed E-state index contributed by atoms with van der Waals surface area (Å²) in [5.41, 5.74) is 0. The molecule has 574 valence electrons. The van der Waals surface area contributed by atoms with Crippen molar-refractivity contribution in [2.24, 2.45) is 0 Å². The summed E-state index contributed by atoms with van der Waals surface area (Å²) in [6.07, 6.45) is 79.1. The van der Waals surface area contributed by atoms with E-state index in [-0.39, 0.29) is 25.7 Å². The molecule has 0 aliphatic rings. The van der Waals surface area contributed by atoms with E-state index in [1.54, 1.807) is 0 Å². The number of rotatable bonds is 72. The van der Waals surface area contributed by atoms with Crippen LogP contribution in [0.25, 0.3) is 0 Å². The van der Waals surface area contributed by atoms with Gasteiger partial charge in [0.15, 0.2) is 12.2 Å². The third-order valence-electron chi connectivity index (χ3n) is 15.9. The number of esters is 4. The molecule has 0 spiro atoms. The molecule has 0 aromatic carbocycles. The van der Waals surface area contributed by atoms with Crippen LogP contribution in [0.2, 0.25) is 0 Å². The van der Waals surface area contributed by atoms with Crippen molar-refractivity contribution in [3.8, 4) is 0 Å². The molecule has 0 rings (SSSR count). The monoisotopic (exact) mass is 1440 g/mol. The lowest BCUT2D eigenvalue weighted by Crippen LogP contribution is -2.30. The Morgan fingerprint density at radius 2 is 0.540 bits per heavy atom. The number of aliphatic hydroxyl groups is 1. The van der Waals surface area contributed by atoms with Crippen molar-refractivity contribution in [1.82, 2.24) is 0 Å². The van der Waals surface area contributed by atoms with Crippen molar-refractivity contribution in [2.75, 3.05) is 39.6 Å². The van der Waals surface area contributed by atoms with Gasteiger partial charge in [0.1, 0.15) is 19.3 Å². The minimum atomic E-state index is -4.99. The highest BCUT2D eigenvalue weighted by Gasteiger charge is 2.30. The van der Waals surface area contributed by atoms with Crippen LogP contribution >= 0.6 is 15.6 Å². The van der Waals surface area contributed by atoms with Crippen LogP contribution in [-0.4, -0.2) is 96.7 Å². The molecule has 0 fully saturated rings. The van der Waals surface area contributed by atoms with Crippen LogP contribution in [-0.2, 0) is 65.4 Å². The quantitative estimate of drug-likeness (QED) is 0.0169. The van der Waals surface area contributed by atoms with E-state index < -0.39 is 97.5 Å². The third kappa shape index (κ3) is 71.8. The van der Waals surface area contributed by atoms with Gasteiger partial charge in [-0.05, 0) is 148 Å². The summed E-state index contributed by atoms with van der Waals surface area (Å²) in [4.78, 5) is 72.8. The minimum absolute atomic E-state index is 0.0326. The lowest BCUT2D eigenvalue weighted by molar-refractivity contribution is -0.161. The maximum Gasteiger partial charge on any atom is 0.472 e. The van der Waals surface area contributed by atoms with Gasteiger partial charge in [-0.25, -0.2) is 9.13 Å². The first-order valence-electron chi connectivity index (χ1n) is 38.8. The van der Waals surface area contributed by atoms with Gasteiger partial charge in [0.05, 0.1) is 26.4 Å². The minimum Gasteiger partial charge on any atom is -0.462 e. The summed E-state index contributed by atoms with van der Waals surface area (Å²) >= 11 is 0. The highest BCUT2D eigenvalue weighted by atomic mass is 31.2. The van der Waals surface area contributed by atoms with Gasteiger partial charge in [-0.2, -0.15) is 0 Å². The number of carbonyl (C=O) groups is 4. The third-order valence-corrected chi connectivity index (χ3v) is 17.8. The van der Waals surface area contributed by atoms with Crippen LogP contribution in [0.15, 0.2) is 122 Å². The van der Waals surface area contributed by atoms with E-state index in [4.69, 9.17) is 37.0 Å². The average molecular weight is 1450 g/mol. The molecule has 3 N–H and O–H groups in total. The maximum absolute atomic E-state index is 13.1. The summed E-state index contributed by atoms with van der Waals surface area (Å²) in [6, 6.07) is 0. The Balaban J connectivity index is 5.42. The van der Waals surface area contributed by atoms with E-state index in [1.165, 1.54) is 70.6 Å². The van der Waals surface area contributed by atoms with E-state index in [1.807, 2.05) is 18.2 Å². The van der Waals surface area contributed by atoms with E-state index in [0.717, 1.165) is 154 Å². The molecule has 0 bridgehead atoms. The molecule has 0 aliphatic carbocycles. The van der Waals surface area contributed by atoms with Gasteiger partial charge in [0.2, 0.25) is 0 Å². The van der Waals surface area contributed by atoms with Crippen molar-refractivity contribution in [3.63, 3.8) is 0 Å². The molecule has 100 heavy (non-hydrogen) atoms. The number of carbonyl (C=O) groups excluding carboxylic acids is 4. The van der Waals surface area contributed by atoms with Gasteiger partial charge >= 0.3 is 39.5 Å². The Hall–Kier alpha value is -4.54. The second kappa shape index (κ2) is 72.8. The summed E-state index contributed by atoms with van der Waals surface area (Å²) < 4.78 is 68.4. The zero-order valence-electron chi connectivity index (χ0n) is 62.6. The summed E-state index contributed by atoms with van der Waals surface area (Å²) in [5.74, 6) is -2.30. The van der Waals surface area contributed by atoms with Gasteiger partial charge in [0, 0.05) is 25.7 Å². The van der Waals surface area contributed by atoms with Crippen molar-refractivity contribution < 1.29 is 80.2 Å². The van der Waals surface area contributed by atoms with Gasteiger partial charge in [-0.1, -0.05) is 258 Å². The molecular formula is C81H138O17P2. The van der Waals surface area contributed by atoms with Crippen molar-refractivity contribution in [3.05, 3.63) is 122 Å². The number of allylic oxidation sites excluding steroid dienone is 20. The summed E-state index contributed by atoms with van der Waals surface area (Å²) in [5, 5.41) is 10.6. The van der Waals surface area contributed by atoms with Crippen LogP contribution in [0.1, 0.15) is 310 Å². The Bertz CT molecular complexity index is 2370. The van der Waals surface area contributed by atoms with Crippen LogP contribution in [0.5, 0.6) is 0 Å². The fourth-order valence-corrected chi connectivity index (χ4v) is 11.5. The number of phosphoric acid groups is 2. The predicted molar refractivity (Wildman–Crippen MR) is 408 cm³/mol. The molecule has 17 nitrogen and oxygen atoms in total. The van der Waals surface area contributed by atoms with E-state index >= 15 is 0 Å². The van der Waals surface area contributed by atoms with Crippen molar-refractivity contribution in [2.45, 2.75) is 329 Å². The van der Waals surface area contributed by atoms with Crippen molar-refractivity contribution in [1.29, 1.82) is 0 Å². The molecule has 0 saturated heterocycles.